The lowest BCUT2D eigenvalue weighted by atomic mass is 10.0. The summed E-state index contributed by atoms with van der Waals surface area (Å²) in [5, 5.41) is 0.411. The summed E-state index contributed by atoms with van der Waals surface area (Å²) in [6.45, 7) is 2.68. The minimum absolute atomic E-state index is 0.0897. The molecule has 0 fully saturated rings. The van der Waals surface area contributed by atoms with Gasteiger partial charge < -0.3 is 4.98 Å². The Balaban J connectivity index is 1.55. The predicted octanol–water partition coefficient (Wildman–Crippen LogP) is 3.09. The average molecular weight is 375 g/mol. The van der Waals surface area contributed by atoms with Gasteiger partial charge in [-0.15, -0.1) is 0 Å². The summed E-state index contributed by atoms with van der Waals surface area (Å²) in [4.78, 5) is 26.8. The monoisotopic (exact) mass is 374 g/mol. The highest BCUT2D eigenvalue weighted by molar-refractivity contribution is 6.31. The number of rotatable bonds is 3. The fourth-order valence-electron chi connectivity index (χ4n) is 3.53. The summed E-state index contributed by atoms with van der Waals surface area (Å²) < 4.78 is 13.2. The van der Waals surface area contributed by atoms with E-state index in [1.54, 1.807) is 6.07 Å². The number of aromatic amines is 1. The first kappa shape index (κ1) is 17.4. The minimum atomic E-state index is -0.346. The fourth-order valence-corrected chi connectivity index (χ4v) is 3.76. The number of aromatic nitrogens is 2. The number of halogens is 2. The molecule has 0 radical (unpaired) electrons. The van der Waals surface area contributed by atoms with Gasteiger partial charge in [-0.25, -0.2) is 9.37 Å². The molecule has 2 aromatic rings. The molecule has 26 heavy (non-hydrogen) atoms. The lowest BCUT2D eigenvalue weighted by molar-refractivity contribution is 0.241. The van der Waals surface area contributed by atoms with Crippen LogP contribution in [0.25, 0.3) is 0 Å². The van der Waals surface area contributed by atoms with E-state index in [4.69, 9.17) is 11.6 Å². The summed E-state index contributed by atoms with van der Waals surface area (Å²) in [6.07, 6.45) is 3.76. The van der Waals surface area contributed by atoms with Crippen LogP contribution in [0.1, 0.15) is 41.9 Å². The number of benzene rings is 1. The van der Waals surface area contributed by atoms with Crippen molar-refractivity contribution in [3.05, 3.63) is 62.0 Å². The van der Waals surface area contributed by atoms with Crippen LogP contribution in [0.4, 0.5) is 4.39 Å². The summed E-state index contributed by atoms with van der Waals surface area (Å²) in [7, 11) is 0. The van der Waals surface area contributed by atoms with E-state index in [-0.39, 0.29) is 11.4 Å². The molecule has 0 aliphatic carbocycles. The van der Waals surface area contributed by atoms with Gasteiger partial charge in [-0.3, -0.25) is 14.7 Å². The number of nitrogens with one attached hydrogen (secondary N) is 1. The summed E-state index contributed by atoms with van der Waals surface area (Å²) in [5.74, 6) is 0.282. The molecule has 0 unspecified atom stereocenters. The number of hydrogen-bond acceptors (Lipinski definition) is 4. The van der Waals surface area contributed by atoms with E-state index in [0.717, 1.165) is 49.3 Å². The first-order chi connectivity index (χ1) is 12.6. The van der Waals surface area contributed by atoms with E-state index in [2.05, 4.69) is 19.9 Å². The number of H-pyrrole nitrogens is 1. The van der Waals surface area contributed by atoms with Gasteiger partial charge in [0.25, 0.3) is 5.56 Å². The molecule has 0 atom stereocenters. The largest absolute Gasteiger partial charge is 0.305 e. The van der Waals surface area contributed by atoms with Gasteiger partial charge in [0, 0.05) is 37.6 Å². The molecule has 0 amide bonds. The molecule has 7 heteroatoms. The number of aliphatic imine (C=N–C) groups is 1. The van der Waals surface area contributed by atoms with Gasteiger partial charge in [-0.05, 0) is 37.0 Å². The lowest BCUT2D eigenvalue weighted by Crippen LogP contribution is -2.36. The molecule has 0 saturated heterocycles. The molecule has 1 aromatic carbocycles. The van der Waals surface area contributed by atoms with Crippen LogP contribution in [-0.2, 0) is 19.5 Å². The summed E-state index contributed by atoms with van der Waals surface area (Å²) in [5.41, 5.74) is 3.24. The van der Waals surface area contributed by atoms with Crippen molar-refractivity contribution < 1.29 is 4.39 Å². The molecule has 2 aliphatic rings. The highest BCUT2D eigenvalue weighted by atomic mass is 35.5. The maximum absolute atomic E-state index is 13.2. The van der Waals surface area contributed by atoms with Crippen molar-refractivity contribution in [3.8, 4) is 0 Å². The van der Waals surface area contributed by atoms with Crippen LogP contribution in [0.3, 0.4) is 0 Å². The van der Waals surface area contributed by atoms with Crippen LogP contribution in [0.2, 0.25) is 5.02 Å². The molecule has 3 heterocycles. The normalized spacial score (nSPS) is 17.7. The molecule has 0 bridgehead atoms. The van der Waals surface area contributed by atoms with Crippen molar-refractivity contribution in [3.63, 3.8) is 0 Å². The summed E-state index contributed by atoms with van der Waals surface area (Å²) in [6, 6.07) is 4.42. The van der Waals surface area contributed by atoms with Crippen LogP contribution in [-0.4, -0.2) is 33.7 Å². The molecule has 2 aliphatic heterocycles. The van der Waals surface area contributed by atoms with Gasteiger partial charge in [-0.1, -0.05) is 17.7 Å². The number of fused-ring (bicyclic) bond motifs is 1. The van der Waals surface area contributed by atoms with Crippen molar-refractivity contribution in [1.29, 1.82) is 0 Å². The maximum atomic E-state index is 13.2. The number of hydrogen-bond donors (Lipinski definition) is 1. The van der Waals surface area contributed by atoms with Gasteiger partial charge in [-0.2, -0.15) is 0 Å². The quantitative estimate of drug-likeness (QED) is 0.898. The van der Waals surface area contributed by atoms with Crippen molar-refractivity contribution in [2.75, 3.05) is 13.1 Å². The Hall–Kier alpha value is -2.05. The molecule has 1 aromatic heterocycles. The van der Waals surface area contributed by atoms with Crippen LogP contribution in [0, 0.1) is 5.82 Å². The van der Waals surface area contributed by atoms with Gasteiger partial charge in [0.05, 0.1) is 17.0 Å². The van der Waals surface area contributed by atoms with Gasteiger partial charge in [0.1, 0.15) is 5.82 Å². The first-order valence-corrected chi connectivity index (χ1v) is 9.30. The third kappa shape index (κ3) is 3.57. The van der Waals surface area contributed by atoms with E-state index in [0.29, 0.717) is 35.9 Å². The Bertz CT molecular complexity index is 924. The van der Waals surface area contributed by atoms with Crippen molar-refractivity contribution in [2.45, 2.75) is 38.8 Å². The fraction of sp³-hybridized carbons (Fsp3) is 0.421. The third-order valence-electron chi connectivity index (χ3n) is 4.95. The van der Waals surface area contributed by atoms with Crippen LogP contribution >= 0.6 is 11.6 Å². The molecule has 136 valence electrons. The second-order valence-corrected chi connectivity index (χ2v) is 7.23. The molecule has 5 nitrogen and oxygen atoms in total. The Morgan fingerprint density at radius 2 is 2.15 bits per heavy atom. The Labute approximate surface area is 155 Å². The Morgan fingerprint density at radius 3 is 2.92 bits per heavy atom. The third-order valence-corrected chi connectivity index (χ3v) is 5.31. The highest BCUT2D eigenvalue weighted by Crippen LogP contribution is 2.22. The molecule has 0 saturated carbocycles. The van der Waals surface area contributed by atoms with E-state index < -0.39 is 0 Å². The Kier molecular flexibility index (Phi) is 4.87. The SMILES string of the molecule is O=c1[nH]c(C2=NCCCC2)nc2c1CN(Cc1ccc(F)cc1Cl)CC2. The maximum Gasteiger partial charge on any atom is 0.255 e. The molecular weight excluding hydrogens is 355 g/mol. The van der Waals surface area contributed by atoms with E-state index in [1.165, 1.54) is 12.1 Å². The average Bonchev–Trinajstić information content (AvgIpc) is 2.65. The zero-order valence-electron chi connectivity index (χ0n) is 14.4. The van der Waals surface area contributed by atoms with Crippen LogP contribution in [0.5, 0.6) is 0 Å². The topological polar surface area (TPSA) is 61.4 Å². The second kappa shape index (κ2) is 7.29. The minimum Gasteiger partial charge on any atom is -0.305 e. The zero-order valence-corrected chi connectivity index (χ0v) is 15.2. The summed E-state index contributed by atoms with van der Waals surface area (Å²) >= 11 is 6.13. The van der Waals surface area contributed by atoms with E-state index >= 15 is 0 Å². The molecule has 4 rings (SSSR count). The van der Waals surface area contributed by atoms with Gasteiger partial charge in [0.15, 0.2) is 5.82 Å². The van der Waals surface area contributed by atoms with Crippen LogP contribution < -0.4 is 5.56 Å². The van der Waals surface area contributed by atoms with Gasteiger partial charge in [0.2, 0.25) is 0 Å². The van der Waals surface area contributed by atoms with E-state index in [9.17, 15) is 9.18 Å². The van der Waals surface area contributed by atoms with E-state index in [1.807, 2.05) is 0 Å². The Morgan fingerprint density at radius 1 is 1.27 bits per heavy atom. The predicted molar refractivity (Wildman–Crippen MR) is 99.3 cm³/mol. The smallest absolute Gasteiger partial charge is 0.255 e. The molecule has 0 spiro atoms. The molecule has 1 N–H and O–H groups in total. The zero-order chi connectivity index (χ0) is 18.1. The van der Waals surface area contributed by atoms with Crippen molar-refractivity contribution in [2.24, 2.45) is 4.99 Å². The first-order valence-electron chi connectivity index (χ1n) is 8.92. The highest BCUT2D eigenvalue weighted by Gasteiger charge is 2.23. The van der Waals surface area contributed by atoms with Crippen molar-refractivity contribution >= 4 is 17.3 Å². The van der Waals surface area contributed by atoms with Crippen molar-refractivity contribution in [1.82, 2.24) is 14.9 Å². The number of nitrogens with zero attached hydrogens (tertiary/aromatic N) is 3. The van der Waals surface area contributed by atoms with Gasteiger partial charge >= 0.3 is 0 Å². The standard InChI is InChI=1S/C19H20ClFN4O/c20-15-9-13(21)5-4-12(15)10-25-8-6-16-14(11-25)19(26)24-18(23-16)17-3-1-2-7-22-17/h4-5,9H,1-3,6-8,10-11H2,(H,23,24,26). The second-order valence-electron chi connectivity index (χ2n) is 6.82. The van der Waals surface area contributed by atoms with Crippen LogP contribution in [0.15, 0.2) is 28.0 Å². The lowest BCUT2D eigenvalue weighted by Gasteiger charge is -2.28. The molecular formula is C19H20ClFN4O.